The average Bonchev–Trinajstić information content (AvgIpc) is 3.32. The minimum absolute atomic E-state index is 0.149. The highest BCUT2D eigenvalue weighted by Crippen LogP contribution is 2.33. The minimum Gasteiger partial charge on any atom is -0.366 e. The lowest BCUT2D eigenvalue weighted by atomic mass is 9.89. The van der Waals surface area contributed by atoms with Gasteiger partial charge in [-0.05, 0) is 36.0 Å². The van der Waals surface area contributed by atoms with Crippen LogP contribution in [0.5, 0.6) is 0 Å². The van der Waals surface area contributed by atoms with E-state index >= 15 is 0 Å². The molecule has 4 rings (SSSR count). The van der Waals surface area contributed by atoms with Crippen LogP contribution in [-0.2, 0) is 16.1 Å². The number of hydrogen-bond acceptors (Lipinski definition) is 6. The highest BCUT2D eigenvalue weighted by molar-refractivity contribution is 6.39. The number of nitrogens with two attached hydrogens (primary N) is 1. The predicted octanol–water partition coefficient (Wildman–Crippen LogP) is 1.76. The lowest BCUT2D eigenvalue weighted by Crippen LogP contribution is -2.46. The number of rotatable bonds is 5. The normalized spacial score (nSPS) is 18.0. The molecule has 0 aliphatic carbocycles. The number of likely N-dealkylation sites (tertiary alicyclic amines) is 1. The topological polar surface area (TPSA) is 136 Å². The Morgan fingerprint density at radius 2 is 1.82 bits per heavy atom. The van der Waals surface area contributed by atoms with E-state index in [0.717, 1.165) is 24.0 Å². The van der Waals surface area contributed by atoms with E-state index in [0.29, 0.717) is 13.1 Å². The third-order valence-electron chi connectivity index (χ3n) is 5.75. The van der Waals surface area contributed by atoms with E-state index < -0.39 is 17.7 Å². The van der Waals surface area contributed by atoms with Crippen molar-refractivity contribution in [3.63, 3.8) is 0 Å². The fourth-order valence-electron chi connectivity index (χ4n) is 4.04. The van der Waals surface area contributed by atoms with E-state index in [1.165, 1.54) is 18.5 Å². The van der Waals surface area contributed by atoms with Crippen molar-refractivity contribution in [2.75, 3.05) is 11.9 Å². The Kier molecular flexibility index (Phi) is 6.43. The predicted molar refractivity (Wildman–Crippen MR) is 120 cm³/mol. The van der Waals surface area contributed by atoms with Crippen molar-refractivity contribution in [1.29, 1.82) is 0 Å². The largest absolute Gasteiger partial charge is 0.366 e. The molecule has 3 N–H and O–H groups in total. The summed E-state index contributed by atoms with van der Waals surface area (Å²) in [6.07, 6.45) is 7.71. The van der Waals surface area contributed by atoms with E-state index in [1.807, 2.05) is 28.8 Å². The zero-order chi connectivity index (χ0) is 23.4. The van der Waals surface area contributed by atoms with Crippen molar-refractivity contribution < 1.29 is 14.4 Å². The summed E-state index contributed by atoms with van der Waals surface area (Å²) in [5.41, 5.74) is 7.71. The summed E-state index contributed by atoms with van der Waals surface area (Å²) in [5.74, 6) is -1.78. The van der Waals surface area contributed by atoms with Crippen molar-refractivity contribution in [2.45, 2.75) is 32.4 Å². The number of nitrogens with one attached hydrogen (secondary N) is 1. The van der Waals surface area contributed by atoms with Gasteiger partial charge < -0.3 is 20.5 Å². The molecule has 33 heavy (non-hydrogen) atoms. The molecular formula is C23H25N7O3. The molecular weight excluding hydrogens is 422 g/mol. The van der Waals surface area contributed by atoms with Crippen LogP contribution in [0, 0.1) is 5.92 Å². The maximum Gasteiger partial charge on any atom is 0.313 e. The molecule has 0 radical (unpaired) electrons. The van der Waals surface area contributed by atoms with Crippen molar-refractivity contribution in [2.24, 2.45) is 11.7 Å². The molecule has 1 fully saturated rings. The highest BCUT2D eigenvalue weighted by Gasteiger charge is 2.34. The first-order chi connectivity index (χ1) is 15.9. The Morgan fingerprint density at radius 1 is 1.09 bits per heavy atom. The molecule has 3 heterocycles. The summed E-state index contributed by atoms with van der Waals surface area (Å²) in [5, 5.41) is 10.2. The molecule has 1 aliphatic rings. The first kappa shape index (κ1) is 22.1. The standard InChI is InChI=1S/C23H25N7O3/c1-15-2-7-20(17-5-3-16(4-6-17)12-29-13-26-27-14-29)30(11-15)23(33)22(32)28-19-8-18(21(24)31)9-25-10-19/h3-6,8-10,13-15,20H,2,7,11-12H2,1H3,(H2,24,31)(H,28,32)/t15-,20+/m1/s1. The number of amides is 3. The van der Waals surface area contributed by atoms with E-state index in [2.05, 4.69) is 27.4 Å². The summed E-state index contributed by atoms with van der Waals surface area (Å²) in [4.78, 5) is 42.7. The summed E-state index contributed by atoms with van der Waals surface area (Å²) < 4.78 is 1.87. The second-order valence-corrected chi connectivity index (χ2v) is 8.31. The number of pyridine rings is 1. The number of nitrogens with zero attached hydrogens (tertiary/aromatic N) is 5. The summed E-state index contributed by atoms with van der Waals surface area (Å²) in [7, 11) is 0. The molecule has 0 spiro atoms. The smallest absolute Gasteiger partial charge is 0.313 e. The average molecular weight is 447 g/mol. The fraction of sp³-hybridized carbons (Fsp3) is 0.304. The van der Waals surface area contributed by atoms with Crippen molar-refractivity contribution in [3.8, 4) is 0 Å². The number of anilines is 1. The molecule has 1 aliphatic heterocycles. The number of benzene rings is 1. The van der Waals surface area contributed by atoms with Gasteiger partial charge in [0.15, 0.2) is 0 Å². The second-order valence-electron chi connectivity index (χ2n) is 8.31. The third kappa shape index (κ3) is 5.22. The molecule has 0 bridgehead atoms. The summed E-state index contributed by atoms with van der Waals surface area (Å²) in [6, 6.07) is 9.22. The number of carbonyl (C=O) groups excluding carboxylic acids is 3. The lowest BCUT2D eigenvalue weighted by molar-refractivity contribution is -0.146. The molecule has 3 amide bonds. The molecule has 10 heteroatoms. The fourth-order valence-corrected chi connectivity index (χ4v) is 4.04. The zero-order valence-corrected chi connectivity index (χ0v) is 18.2. The van der Waals surface area contributed by atoms with Crippen LogP contribution in [0.15, 0.2) is 55.4 Å². The van der Waals surface area contributed by atoms with Gasteiger partial charge in [0.25, 0.3) is 0 Å². The van der Waals surface area contributed by atoms with Gasteiger partial charge in [-0.15, -0.1) is 10.2 Å². The molecule has 1 aromatic carbocycles. The zero-order valence-electron chi connectivity index (χ0n) is 18.2. The number of piperidine rings is 1. The van der Waals surface area contributed by atoms with Gasteiger partial charge in [0.2, 0.25) is 5.91 Å². The second kappa shape index (κ2) is 9.60. The molecule has 170 valence electrons. The van der Waals surface area contributed by atoms with E-state index in [1.54, 1.807) is 17.6 Å². The molecule has 0 saturated carbocycles. The number of primary amides is 1. The van der Waals surface area contributed by atoms with Crippen molar-refractivity contribution in [1.82, 2.24) is 24.6 Å². The third-order valence-corrected chi connectivity index (χ3v) is 5.75. The Balaban J connectivity index is 1.49. The van der Waals surface area contributed by atoms with Crippen LogP contribution < -0.4 is 11.1 Å². The molecule has 3 aromatic rings. The molecule has 0 unspecified atom stereocenters. The van der Waals surface area contributed by atoms with Crippen LogP contribution in [0.3, 0.4) is 0 Å². The lowest BCUT2D eigenvalue weighted by Gasteiger charge is -2.38. The van der Waals surface area contributed by atoms with Crippen LogP contribution in [0.2, 0.25) is 0 Å². The van der Waals surface area contributed by atoms with E-state index in [4.69, 9.17) is 5.73 Å². The number of carbonyl (C=O) groups is 3. The Hall–Kier alpha value is -4.08. The van der Waals surface area contributed by atoms with E-state index in [-0.39, 0.29) is 23.2 Å². The number of hydrogen-bond donors (Lipinski definition) is 2. The first-order valence-electron chi connectivity index (χ1n) is 10.7. The Labute approximate surface area is 190 Å². The SMILES string of the molecule is C[C@@H]1CC[C@@H](c2ccc(Cn3cnnc3)cc2)N(C(=O)C(=O)Nc2cncc(C(N)=O)c2)C1. The van der Waals surface area contributed by atoms with E-state index in [9.17, 15) is 14.4 Å². The summed E-state index contributed by atoms with van der Waals surface area (Å²) >= 11 is 0. The van der Waals surface area contributed by atoms with Crippen LogP contribution in [0.1, 0.15) is 47.3 Å². The van der Waals surface area contributed by atoms with Crippen LogP contribution in [0.25, 0.3) is 0 Å². The first-order valence-corrected chi connectivity index (χ1v) is 10.7. The van der Waals surface area contributed by atoms with Gasteiger partial charge in [0, 0.05) is 19.3 Å². The number of aromatic nitrogens is 4. The molecule has 1 saturated heterocycles. The minimum atomic E-state index is -0.776. The maximum atomic E-state index is 13.1. The van der Waals surface area contributed by atoms with Crippen molar-refractivity contribution >= 4 is 23.4 Å². The van der Waals surface area contributed by atoms with Crippen LogP contribution >= 0.6 is 0 Å². The molecule has 2 atom stereocenters. The molecule has 2 aromatic heterocycles. The quantitative estimate of drug-likeness (QED) is 0.572. The van der Waals surface area contributed by atoms with Gasteiger partial charge in [0.05, 0.1) is 23.5 Å². The Bertz CT molecular complexity index is 1150. The summed E-state index contributed by atoms with van der Waals surface area (Å²) in [6.45, 7) is 3.20. The van der Waals surface area contributed by atoms with Crippen LogP contribution in [0.4, 0.5) is 5.69 Å². The monoisotopic (exact) mass is 447 g/mol. The van der Waals surface area contributed by atoms with Crippen LogP contribution in [-0.4, -0.2) is 48.9 Å². The van der Waals surface area contributed by atoms with Crippen molar-refractivity contribution in [3.05, 3.63) is 72.1 Å². The van der Waals surface area contributed by atoms with Gasteiger partial charge in [-0.1, -0.05) is 31.2 Å². The van der Waals surface area contributed by atoms with Gasteiger partial charge in [-0.3, -0.25) is 19.4 Å². The highest BCUT2D eigenvalue weighted by atomic mass is 16.2. The van der Waals surface area contributed by atoms with Gasteiger partial charge >= 0.3 is 11.8 Å². The van der Waals surface area contributed by atoms with Gasteiger partial charge in [-0.2, -0.15) is 0 Å². The maximum absolute atomic E-state index is 13.1. The molecule has 10 nitrogen and oxygen atoms in total. The Morgan fingerprint density at radius 3 is 2.52 bits per heavy atom. The van der Waals surface area contributed by atoms with Gasteiger partial charge in [-0.25, -0.2) is 0 Å². The van der Waals surface area contributed by atoms with Gasteiger partial charge in [0.1, 0.15) is 12.7 Å².